The first-order valence-electron chi connectivity index (χ1n) is 8.39. The van der Waals surface area contributed by atoms with Crippen LogP contribution in [0.5, 0.6) is 0 Å². The summed E-state index contributed by atoms with van der Waals surface area (Å²) in [5.41, 5.74) is 1.56. The molecule has 0 fully saturated rings. The summed E-state index contributed by atoms with van der Waals surface area (Å²) in [7, 11) is 1.90. The van der Waals surface area contributed by atoms with E-state index >= 15 is 0 Å². The maximum absolute atomic E-state index is 12.8. The van der Waals surface area contributed by atoms with Crippen LogP contribution in [0.2, 0.25) is 0 Å². The second kappa shape index (κ2) is 7.47. The highest BCUT2D eigenvalue weighted by molar-refractivity contribution is 5.95. The predicted octanol–water partition coefficient (Wildman–Crippen LogP) is 2.49. The van der Waals surface area contributed by atoms with Crippen LogP contribution >= 0.6 is 0 Å². The summed E-state index contributed by atoms with van der Waals surface area (Å²) in [6, 6.07) is 1.67. The molecule has 0 saturated carbocycles. The van der Waals surface area contributed by atoms with Gasteiger partial charge in [0.25, 0.3) is 11.5 Å². The molecule has 6 nitrogen and oxygen atoms in total. The van der Waals surface area contributed by atoms with E-state index in [-0.39, 0.29) is 23.1 Å². The predicted molar refractivity (Wildman–Crippen MR) is 94.2 cm³/mol. The first kappa shape index (κ1) is 18.0. The van der Waals surface area contributed by atoms with Gasteiger partial charge in [-0.3, -0.25) is 9.59 Å². The lowest BCUT2D eigenvalue weighted by Crippen LogP contribution is -2.37. The van der Waals surface area contributed by atoms with Gasteiger partial charge < -0.3 is 14.5 Å². The molecule has 130 valence electrons. The Hall–Kier alpha value is -2.37. The molecule has 0 radical (unpaired) electrons. The number of pyridine rings is 1. The number of aryl methyl sites for hydroxylation is 3. The molecule has 0 aliphatic rings. The third-order valence-electron chi connectivity index (χ3n) is 4.30. The summed E-state index contributed by atoms with van der Waals surface area (Å²) in [5.74, 6) is 0.465. The van der Waals surface area contributed by atoms with Crippen molar-refractivity contribution >= 4 is 5.91 Å². The Morgan fingerprint density at radius 2 is 2.04 bits per heavy atom. The highest BCUT2D eigenvalue weighted by Gasteiger charge is 2.22. The number of rotatable bonds is 6. The Morgan fingerprint density at radius 3 is 2.58 bits per heavy atom. The van der Waals surface area contributed by atoms with E-state index in [9.17, 15) is 9.59 Å². The molecular weight excluding hydrogens is 304 g/mol. The summed E-state index contributed by atoms with van der Waals surface area (Å²) in [6.07, 6.45) is 5.24. The van der Waals surface area contributed by atoms with Crippen molar-refractivity contribution in [3.8, 4) is 0 Å². The Labute approximate surface area is 142 Å². The molecule has 1 amide bonds. The number of nitrogens with one attached hydrogen (secondary N) is 1. The number of aromatic nitrogens is 3. The van der Waals surface area contributed by atoms with E-state index in [0.717, 1.165) is 24.4 Å². The molecule has 0 bridgehead atoms. The van der Waals surface area contributed by atoms with Crippen molar-refractivity contribution in [1.29, 1.82) is 0 Å². The fraction of sp³-hybridized carbons (Fsp3) is 0.500. The number of amides is 1. The Bertz CT molecular complexity index is 789. The lowest BCUT2D eigenvalue weighted by molar-refractivity contribution is 0.0929. The molecule has 1 atom stereocenters. The zero-order valence-electron chi connectivity index (χ0n) is 15.1. The molecule has 24 heavy (non-hydrogen) atoms. The van der Waals surface area contributed by atoms with Gasteiger partial charge >= 0.3 is 0 Å². The van der Waals surface area contributed by atoms with Crippen LogP contribution in [-0.4, -0.2) is 20.0 Å². The summed E-state index contributed by atoms with van der Waals surface area (Å²) < 4.78 is 3.52. The van der Waals surface area contributed by atoms with Gasteiger partial charge in [0.15, 0.2) is 0 Å². The summed E-state index contributed by atoms with van der Waals surface area (Å²) in [6.45, 7) is 8.19. The van der Waals surface area contributed by atoms with Crippen LogP contribution in [0.25, 0.3) is 0 Å². The maximum atomic E-state index is 12.8. The molecule has 2 heterocycles. The summed E-state index contributed by atoms with van der Waals surface area (Å²) in [5, 5.41) is 2.99. The van der Waals surface area contributed by atoms with Crippen molar-refractivity contribution in [3.63, 3.8) is 0 Å². The van der Waals surface area contributed by atoms with E-state index < -0.39 is 0 Å². The van der Waals surface area contributed by atoms with Crippen LogP contribution in [-0.2, 0) is 13.6 Å². The minimum atomic E-state index is -0.332. The number of nitrogens with zero attached hydrogens (tertiary/aromatic N) is 3. The minimum absolute atomic E-state index is 0.210. The number of hydrogen-bond donors (Lipinski definition) is 1. The molecule has 2 rings (SSSR count). The molecule has 0 aliphatic heterocycles. The van der Waals surface area contributed by atoms with Crippen molar-refractivity contribution in [2.75, 3.05) is 0 Å². The van der Waals surface area contributed by atoms with Gasteiger partial charge in [-0.15, -0.1) is 0 Å². The smallest absolute Gasteiger partial charge is 0.263 e. The second-order valence-corrected chi connectivity index (χ2v) is 6.10. The third-order valence-corrected chi connectivity index (χ3v) is 4.30. The quantitative estimate of drug-likeness (QED) is 0.885. The average Bonchev–Trinajstić information content (AvgIpc) is 2.92. The fourth-order valence-corrected chi connectivity index (χ4v) is 3.09. The van der Waals surface area contributed by atoms with Crippen LogP contribution in [0, 0.1) is 13.8 Å². The molecule has 0 spiro atoms. The van der Waals surface area contributed by atoms with Crippen molar-refractivity contribution in [1.82, 2.24) is 19.4 Å². The zero-order chi connectivity index (χ0) is 17.9. The molecule has 1 N–H and O–H groups in total. The molecule has 2 aromatic rings. The number of carbonyl (C=O) groups is 1. The van der Waals surface area contributed by atoms with Gasteiger partial charge in [0.1, 0.15) is 11.4 Å². The second-order valence-electron chi connectivity index (χ2n) is 6.10. The molecule has 0 unspecified atom stereocenters. The van der Waals surface area contributed by atoms with Crippen LogP contribution in [0.15, 0.2) is 23.3 Å². The monoisotopic (exact) mass is 330 g/mol. The Morgan fingerprint density at radius 1 is 1.33 bits per heavy atom. The molecule has 6 heteroatoms. The van der Waals surface area contributed by atoms with Crippen LogP contribution in [0.3, 0.4) is 0 Å². The molecule has 0 aliphatic carbocycles. The number of carbonyl (C=O) groups excluding carboxylic acids is 1. The maximum Gasteiger partial charge on any atom is 0.263 e. The summed E-state index contributed by atoms with van der Waals surface area (Å²) in [4.78, 5) is 29.8. The normalized spacial score (nSPS) is 12.2. The van der Waals surface area contributed by atoms with Crippen LogP contribution < -0.4 is 10.9 Å². The average molecular weight is 330 g/mol. The van der Waals surface area contributed by atoms with Gasteiger partial charge in [-0.05, 0) is 38.8 Å². The van der Waals surface area contributed by atoms with Gasteiger partial charge in [0.2, 0.25) is 0 Å². The fourth-order valence-electron chi connectivity index (χ4n) is 3.09. The third kappa shape index (κ3) is 3.42. The molecular formula is C18H26N4O2. The van der Waals surface area contributed by atoms with E-state index in [1.165, 1.54) is 0 Å². The molecule has 2 aromatic heterocycles. The standard InChI is InChI=1S/C18H26N4O2/c1-6-8-14(16-19-9-10-21(16)5)20-17(23)15-12(3)11-13(4)22(7-2)18(15)24/h9-11,14H,6-8H2,1-5H3,(H,20,23)/t14-/m0/s1. The lowest BCUT2D eigenvalue weighted by Gasteiger charge is -2.19. The highest BCUT2D eigenvalue weighted by Crippen LogP contribution is 2.17. The summed E-state index contributed by atoms with van der Waals surface area (Å²) >= 11 is 0. The lowest BCUT2D eigenvalue weighted by atomic mass is 10.1. The van der Waals surface area contributed by atoms with E-state index in [4.69, 9.17) is 0 Å². The van der Waals surface area contributed by atoms with E-state index in [2.05, 4.69) is 17.2 Å². The van der Waals surface area contributed by atoms with E-state index in [1.807, 2.05) is 37.7 Å². The van der Waals surface area contributed by atoms with Gasteiger partial charge in [-0.2, -0.15) is 0 Å². The Kier molecular flexibility index (Phi) is 5.59. The first-order valence-corrected chi connectivity index (χ1v) is 8.39. The van der Waals surface area contributed by atoms with Gasteiger partial charge in [0.05, 0.1) is 6.04 Å². The van der Waals surface area contributed by atoms with Crippen molar-refractivity contribution in [2.45, 2.75) is 53.1 Å². The number of imidazole rings is 1. The number of hydrogen-bond acceptors (Lipinski definition) is 3. The van der Waals surface area contributed by atoms with Crippen molar-refractivity contribution in [3.05, 3.63) is 51.5 Å². The minimum Gasteiger partial charge on any atom is -0.342 e. The van der Waals surface area contributed by atoms with Crippen LogP contribution in [0.1, 0.15) is 60.2 Å². The molecule has 0 aromatic carbocycles. The molecule has 0 saturated heterocycles. The van der Waals surface area contributed by atoms with Crippen LogP contribution in [0.4, 0.5) is 0 Å². The van der Waals surface area contributed by atoms with E-state index in [0.29, 0.717) is 12.1 Å². The van der Waals surface area contributed by atoms with E-state index in [1.54, 1.807) is 17.7 Å². The Balaban J connectivity index is 2.38. The van der Waals surface area contributed by atoms with Gasteiger partial charge in [-0.25, -0.2) is 4.98 Å². The zero-order valence-corrected chi connectivity index (χ0v) is 15.1. The topological polar surface area (TPSA) is 68.9 Å². The van der Waals surface area contributed by atoms with Gasteiger partial charge in [-0.1, -0.05) is 13.3 Å². The van der Waals surface area contributed by atoms with Crippen molar-refractivity contribution in [2.24, 2.45) is 7.05 Å². The van der Waals surface area contributed by atoms with Crippen molar-refractivity contribution < 1.29 is 4.79 Å². The first-order chi connectivity index (χ1) is 11.4. The highest BCUT2D eigenvalue weighted by atomic mass is 16.2. The van der Waals surface area contributed by atoms with Gasteiger partial charge in [0, 0.05) is 31.7 Å². The largest absolute Gasteiger partial charge is 0.342 e. The SMILES string of the molecule is CCC[C@H](NC(=O)c1c(C)cc(C)n(CC)c1=O)c1nccn1C.